The quantitative estimate of drug-likeness (QED) is 0.206. The molecule has 0 saturated carbocycles. The van der Waals surface area contributed by atoms with Gasteiger partial charge in [-0.1, -0.05) is 25.5 Å². The second-order valence-electron chi connectivity index (χ2n) is 9.35. The lowest BCUT2D eigenvalue weighted by atomic mass is 9.92. The Morgan fingerprint density at radius 2 is 1.75 bits per heavy atom. The minimum Gasteiger partial charge on any atom is -0.497 e. The summed E-state index contributed by atoms with van der Waals surface area (Å²) in [5.41, 5.74) is -2.56. The fraction of sp³-hybridized carbons (Fsp3) is 0.393. The van der Waals surface area contributed by atoms with Crippen LogP contribution < -0.4 is 20.4 Å². The molecule has 3 aromatic rings. The van der Waals surface area contributed by atoms with E-state index in [2.05, 4.69) is 5.32 Å². The van der Waals surface area contributed by atoms with Gasteiger partial charge in [0.2, 0.25) is 0 Å². The Kier molecular flexibility index (Phi) is 8.38. The Labute approximate surface area is 227 Å². The van der Waals surface area contributed by atoms with E-state index in [1.807, 2.05) is 6.92 Å². The number of imide groups is 1. The summed E-state index contributed by atoms with van der Waals surface area (Å²) in [4.78, 5) is 38.5. The van der Waals surface area contributed by atoms with Crippen LogP contribution in [-0.2, 0) is 27.7 Å². The average Bonchev–Trinajstić information content (AvgIpc) is 3.14. The molecule has 0 bridgehead atoms. The minimum absolute atomic E-state index is 0.0127. The first-order valence-corrected chi connectivity index (χ1v) is 12.7. The van der Waals surface area contributed by atoms with Crippen molar-refractivity contribution in [3.63, 3.8) is 0 Å². The van der Waals surface area contributed by atoms with E-state index in [4.69, 9.17) is 18.6 Å². The number of carbonyl (C=O) groups is 2. The van der Waals surface area contributed by atoms with Crippen LogP contribution in [0.3, 0.4) is 0 Å². The third-order valence-electron chi connectivity index (χ3n) is 6.66. The molecule has 9 nitrogen and oxygen atoms in total. The molecule has 2 aromatic carbocycles. The number of carbonyl (C=O) groups excluding carboxylic acids is 2. The standard InChI is InChI=1S/C28H29F3N2O7/c1-4-5-20-22(11-10-19-21(28(29,30)31)16-23(34)40-24(19)20)39-15-14-38-13-12-33-25(35)27(2,32-26(33)36)17-6-8-18(37-3)9-7-17/h6-11,16H,4-5,12-15H2,1-3H3,(H,32,36). The highest BCUT2D eigenvalue weighted by Gasteiger charge is 2.48. The van der Waals surface area contributed by atoms with E-state index in [0.717, 1.165) is 4.90 Å². The monoisotopic (exact) mass is 562 g/mol. The zero-order chi connectivity index (χ0) is 29.1. The van der Waals surface area contributed by atoms with Gasteiger partial charge in [-0.25, -0.2) is 9.59 Å². The summed E-state index contributed by atoms with van der Waals surface area (Å²) < 4.78 is 62.0. The Balaban J connectivity index is 1.35. The Morgan fingerprint density at radius 1 is 1.02 bits per heavy atom. The van der Waals surface area contributed by atoms with E-state index in [1.165, 1.54) is 19.2 Å². The number of ether oxygens (including phenoxy) is 3. The highest BCUT2D eigenvalue weighted by molar-refractivity contribution is 6.07. The predicted molar refractivity (Wildman–Crippen MR) is 138 cm³/mol. The molecule has 1 atom stereocenters. The van der Waals surface area contributed by atoms with Gasteiger partial charge < -0.3 is 23.9 Å². The number of alkyl halides is 3. The van der Waals surface area contributed by atoms with Crippen molar-refractivity contribution in [3.8, 4) is 11.5 Å². The number of hydrogen-bond acceptors (Lipinski definition) is 7. The summed E-state index contributed by atoms with van der Waals surface area (Å²) >= 11 is 0. The number of fused-ring (bicyclic) bond motifs is 1. The van der Waals surface area contributed by atoms with Crippen molar-refractivity contribution in [1.82, 2.24) is 10.2 Å². The number of benzene rings is 2. The van der Waals surface area contributed by atoms with Gasteiger partial charge >= 0.3 is 17.8 Å². The van der Waals surface area contributed by atoms with Gasteiger partial charge in [0.15, 0.2) is 0 Å². The van der Waals surface area contributed by atoms with Crippen molar-refractivity contribution in [1.29, 1.82) is 0 Å². The zero-order valence-electron chi connectivity index (χ0n) is 22.2. The molecule has 1 aliphatic heterocycles. The van der Waals surface area contributed by atoms with Crippen LogP contribution in [0.4, 0.5) is 18.0 Å². The fourth-order valence-electron chi connectivity index (χ4n) is 4.61. The lowest BCUT2D eigenvalue weighted by Crippen LogP contribution is -2.41. The van der Waals surface area contributed by atoms with Crippen molar-refractivity contribution in [2.75, 3.05) is 33.5 Å². The number of methoxy groups -OCH3 is 1. The van der Waals surface area contributed by atoms with Crippen molar-refractivity contribution in [2.45, 2.75) is 38.4 Å². The Bertz CT molecular complexity index is 1450. The van der Waals surface area contributed by atoms with Crippen LogP contribution in [0.1, 0.15) is 37.0 Å². The van der Waals surface area contributed by atoms with E-state index in [-0.39, 0.29) is 43.1 Å². The summed E-state index contributed by atoms with van der Waals surface area (Å²) in [5.74, 6) is 0.491. The molecular weight excluding hydrogens is 533 g/mol. The molecule has 1 N–H and O–H groups in total. The number of nitrogens with zero attached hydrogens (tertiary/aromatic N) is 1. The maximum atomic E-state index is 13.5. The molecule has 2 heterocycles. The molecule has 1 aromatic heterocycles. The van der Waals surface area contributed by atoms with Crippen LogP contribution in [0.15, 0.2) is 51.7 Å². The van der Waals surface area contributed by atoms with Gasteiger partial charge in [-0.15, -0.1) is 0 Å². The van der Waals surface area contributed by atoms with Gasteiger partial charge in [-0.2, -0.15) is 13.2 Å². The topological polar surface area (TPSA) is 107 Å². The van der Waals surface area contributed by atoms with Crippen molar-refractivity contribution < 1.29 is 41.4 Å². The molecule has 1 unspecified atom stereocenters. The second kappa shape index (κ2) is 11.6. The third kappa shape index (κ3) is 5.76. The SMILES string of the molecule is CCCc1c(OCCOCCN2C(=O)NC(C)(c3ccc(OC)cc3)C2=O)ccc2c(C(F)(F)F)cc(=O)oc12. The molecule has 3 amide bonds. The molecule has 1 saturated heterocycles. The number of amides is 3. The minimum atomic E-state index is -4.71. The van der Waals surface area contributed by atoms with E-state index in [9.17, 15) is 27.6 Å². The molecule has 0 aliphatic carbocycles. The normalized spacial score (nSPS) is 17.4. The van der Waals surface area contributed by atoms with Crippen molar-refractivity contribution in [2.24, 2.45) is 0 Å². The fourth-order valence-corrected chi connectivity index (χ4v) is 4.61. The summed E-state index contributed by atoms with van der Waals surface area (Å²) in [6.45, 7) is 3.64. The highest BCUT2D eigenvalue weighted by atomic mass is 19.4. The van der Waals surface area contributed by atoms with E-state index < -0.39 is 34.8 Å². The van der Waals surface area contributed by atoms with Gasteiger partial charge in [-0.3, -0.25) is 9.69 Å². The summed E-state index contributed by atoms with van der Waals surface area (Å²) in [5, 5.41) is 2.51. The van der Waals surface area contributed by atoms with Gasteiger partial charge in [0.25, 0.3) is 5.91 Å². The van der Waals surface area contributed by atoms with Crippen LogP contribution in [0.5, 0.6) is 11.5 Å². The molecular formula is C28H29F3N2O7. The second-order valence-corrected chi connectivity index (χ2v) is 9.35. The maximum absolute atomic E-state index is 13.5. The number of urea groups is 1. The molecule has 4 rings (SSSR count). The van der Waals surface area contributed by atoms with Crippen LogP contribution in [0.2, 0.25) is 0 Å². The number of aryl methyl sites for hydroxylation is 1. The smallest absolute Gasteiger partial charge is 0.417 e. The molecule has 12 heteroatoms. The molecule has 1 aliphatic rings. The largest absolute Gasteiger partial charge is 0.497 e. The van der Waals surface area contributed by atoms with Gasteiger partial charge in [0, 0.05) is 17.0 Å². The van der Waals surface area contributed by atoms with Crippen LogP contribution >= 0.6 is 0 Å². The van der Waals surface area contributed by atoms with Crippen LogP contribution in [0, 0.1) is 0 Å². The Hall–Kier alpha value is -4.06. The lowest BCUT2D eigenvalue weighted by Gasteiger charge is -2.22. The summed E-state index contributed by atoms with van der Waals surface area (Å²) in [7, 11) is 1.53. The van der Waals surface area contributed by atoms with Gasteiger partial charge in [0.05, 0.1) is 32.4 Å². The lowest BCUT2D eigenvalue weighted by molar-refractivity contribution is -0.136. The number of halogens is 3. The summed E-state index contributed by atoms with van der Waals surface area (Å²) in [6.07, 6.45) is -3.81. The summed E-state index contributed by atoms with van der Waals surface area (Å²) in [6, 6.07) is 9.36. The average molecular weight is 563 g/mol. The molecule has 40 heavy (non-hydrogen) atoms. The van der Waals surface area contributed by atoms with E-state index >= 15 is 0 Å². The maximum Gasteiger partial charge on any atom is 0.417 e. The number of nitrogens with one attached hydrogen (secondary N) is 1. The third-order valence-corrected chi connectivity index (χ3v) is 6.66. The molecule has 0 spiro atoms. The predicted octanol–water partition coefficient (Wildman–Crippen LogP) is 4.64. The first kappa shape index (κ1) is 28.9. The van der Waals surface area contributed by atoms with Crippen LogP contribution in [-0.4, -0.2) is 50.3 Å². The van der Waals surface area contributed by atoms with Gasteiger partial charge in [0.1, 0.15) is 29.2 Å². The van der Waals surface area contributed by atoms with E-state index in [1.54, 1.807) is 31.2 Å². The first-order chi connectivity index (χ1) is 19.0. The van der Waals surface area contributed by atoms with Gasteiger partial charge in [-0.05, 0) is 43.2 Å². The number of rotatable bonds is 11. The van der Waals surface area contributed by atoms with Crippen molar-refractivity contribution >= 4 is 22.9 Å². The Morgan fingerprint density at radius 3 is 2.40 bits per heavy atom. The first-order valence-electron chi connectivity index (χ1n) is 12.7. The van der Waals surface area contributed by atoms with Crippen LogP contribution in [0.25, 0.3) is 11.0 Å². The highest BCUT2D eigenvalue weighted by Crippen LogP contribution is 2.37. The van der Waals surface area contributed by atoms with Crippen molar-refractivity contribution in [3.05, 3.63) is 69.6 Å². The molecule has 0 radical (unpaired) electrons. The van der Waals surface area contributed by atoms with E-state index in [0.29, 0.717) is 35.8 Å². The zero-order valence-corrected chi connectivity index (χ0v) is 22.2. The molecule has 1 fully saturated rings. The molecule has 214 valence electrons. The number of hydrogen-bond donors (Lipinski definition) is 1.